The molecule has 33 heavy (non-hydrogen) atoms. The zero-order valence-corrected chi connectivity index (χ0v) is 19.1. The van der Waals surface area contributed by atoms with Gasteiger partial charge >= 0.3 is 12.1 Å². The summed E-state index contributed by atoms with van der Waals surface area (Å²) in [5, 5.41) is 9.04. The van der Waals surface area contributed by atoms with Crippen molar-refractivity contribution in [2.75, 3.05) is 32.7 Å². The molecule has 0 radical (unpaired) electrons. The van der Waals surface area contributed by atoms with E-state index in [-0.39, 0.29) is 11.3 Å². The molecule has 0 aliphatic carbocycles. The summed E-state index contributed by atoms with van der Waals surface area (Å²) in [5.74, 6) is -1.02. The number of alkyl halides is 3. The average Bonchev–Trinajstić information content (AvgIpc) is 2.75. The van der Waals surface area contributed by atoms with E-state index in [1.165, 1.54) is 28.6 Å². The summed E-state index contributed by atoms with van der Waals surface area (Å²) in [5.41, 5.74) is 1.38. The summed E-state index contributed by atoms with van der Waals surface area (Å²) < 4.78 is 65.4. The highest BCUT2D eigenvalue weighted by molar-refractivity contribution is 7.89. The number of aliphatic carboxylic acids is 1. The van der Waals surface area contributed by atoms with Crippen molar-refractivity contribution in [3.05, 3.63) is 64.7 Å². The SMILES string of the molecule is Cc1ccc(S(=O)(=O)N2CCN(CCCc3ccc(C(F)(F)F)cc3)CC2)cc1CC(=O)O. The maximum atomic E-state index is 13.0. The van der Waals surface area contributed by atoms with Crippen LogP contribution in [0.1, 0.15) is 28.7 Å². The number of halogens is 3. The molecule has 1 fully saturated rings. The smallest absolute Gasteiger partial charge is 0.416 e. The Morgan fingerprint density at radius 3 is 2.24 bits per heavy atom. The molecule has 180 valence electrons. The van der Waals surface area contributed by atoms with Crippen LogP contribution in [-0.4, -0.2) is 61.4 Å². The Labute approximate surface area is 191 Å². The van der Waals surface area contributed by atoms with Crippen LogP contribution in [0.5, 0.6) is 0 Å². The van der Waals surface area contributed by atoms with Gasteiger partial charge in [-0.1, -0.05) is 18.2 Å². The van der Waals surface area contributed by atoms with Gasteiger partial charge < -0.3 is 10.0 Å². The predicted molar refractivity (Wildman–Crippen MR) is 117 cm³/mol. The van der Waals surface area contributed by atoms with Crippen molar-refractivity contribution in [1.29, 1.82) is 0 Å². The summed E-state index contributed by atoms with van der Waals surface area (Å²) in [7, 11) is -3.72. The van der Waals surface area contributed by atoms with Gasteiger partial charge in [-0.15, -0.1) is 0 Å². The number of carbonyl (C=O) groups is 1. The zero-order valence-electron chi connectivity index (χ0n) is 18.3. The van der Waals surface area contributed by atoms with Crippen LogP contribution in [0.25, 0.3) is 0 Å². The second kappa shape index (κ2) is 10.2. The highest BCUT2D eigenvalue weighted by Gasteiger charge is 2.30. The summed E-state index contributed by atoms with van der Waals surface area (Å²) in [6.45, 7) is 4.23. The molecule has 2 aromatic carbocycles. The van der Waals surface area contributed by atoms with E-state index in [0.717, 1.165) is 36.2 Å². The molecule has 0 spiro atoms. The van der Waals surface area contributed by atoms with Crippen LogP contribution >= 0.6 is 0 Å². The average molecular weight is 485 g/mol. The standard InChI is InChI=1S/C23H27F3N2O4S/c1-17-4-9-21(15-19(17)16-22(29)30)33(31,32)28-13-11-27(12-14-28)10-2-3-18-5-7-20(8-6-18)23(24,25)26/h4-9,15H,2-3,10-14,16H2,1H3,(H,29,30). The van der Waals surface area contributed by atoms with E-state index in [1.807, 2.05) is 0 Å². The Bertz CT molecular complexity index is 1080. The number of sulfonamides is 1. The topological polar surface area (TPSA) is 77.9 Å². The van der Waals surface area contributed by atoms with Crippen molar-refractivity contribution in [3.8, 4) is 0 Å². The molecule has 1 N–H and O–H groups in total. The Morgan fingerprint density at radius 1 is 1.03 bits per heavy atom. The first-order valence-electron chi connectivity index (χ1n) is 10.7. The first kappa shape index (κ1) is 25.2. The van der Waals surface area contributed by atoms with Gasteiger partial charge in [-0.2, -0.15) is 17.5 Å². The van der Waals surface area contributed by atoms with Gasteiger partial charge in [0.1, 0.15) is 0 Å². The molecular weight excluding hydrogens is 457 g/mol. The fourth-order valence-electron chi connectivity index (χ4n) is 3.87. The van der Waals surface area contributed by atoms with Crippen molar-refractivity contribution >= 4 is 16.0 Å². The number of carboxylic acids is 1. The molecule has 2 aromatic rings. The quantitative estimate of drug-likeness (QED) is 0.620. The lowest BCUT2D eigenvalue weighted by Crippen LogP contribution is -2.48. The Balaban J connectivity index is 1.51. The molecule has 1 aliphatic heterocycles. The van der Waals surface area contributed by atoms with Crippen molar-refractivity contribution in [1.82, 2.24) is 9.21 Å². The van der Waals surface area contributed by atoms with E-state index in [9.17, 15) is 26.4 Å². The molecule has 0 amide bonds. The van der Waals surface area contributed by atoms with Crippen molar-refractivity contribution < 1.29 is 31.5 Å². The third-order valence-electron chi connectivity index (χ3n) is 5.85. The molecule has 0 atom stereocenters. The van der Waals surface area contributed by atoms with Crippen LogP contribution in [0.2, 0.25) is 0 Å². The number of rotatable bonds is 8. The predicted octanol–water partition coefficient (Wildman–Crippen LogP) is 3.58. The Kier molecular flexibility index (Phi) is 7.81. The third kappa shape index (κ3) is 6.55. The molecule has 1 aliphatic rings. The molecule has 1 heterocycles. The summed E-state index contributed by atoms with van der Waals surface area (Å²) in [6, 6.07) is 9.74. The molecule has 0 aromatic heterocycles. The van der Waals surface area contributed by atoms with Crippen LogP contribution in [0.4, 0.5) is 13.2 Å². The van der Waals surface area contributed by atoms with Crippen LogP contribution in [0.3, 0.4) is 0 Å². The number of hydrogen-bond donors (Lipinski definition) is 1. The molecule has 3 rings (SSSR count). The second-order valence-corrected chi connectivity index (χ2v) is 10.1. The van der Waals surface area contributed by atoms with Crippen molar-refractivity contribution in [2.45, 2.75) is 37.3 Å². The fourth-order valence-corrected chi connectivity index (χ4v) is 5.34. The molecule has 6 nitrogen and oxygen atoms in total. The fraction of sp³-hybridized carbons (Fsp3) is 0.435. The normalized spacial score (nSPS) is 16.1. The van der Waals surface area contributed by atoms with Gasteiger partial charge in [-0.25, -0.2) is 8.42 Å². The first-order chi connectivity index (χ1) is 15.5. The van der Waals surface area contributed by atoms with Crippen molar-refractivity contribution in [2.24, 2.45) is 0 Å². The van der Waals surface area contributed by atoms with Gasteiger partial charge in [-0.05, 0) is 67.3 Å². The molecular formula is C23H27F3N2O4S. The van der Waals surface area contributed by atoms with Gasteiger partial charge in [0.2, 0.25) is 10.0 Å². The van der Waals surface area contributed by atoms with Crippen molar-refractivity contribution in [3.63, 3.8) is 0 Å². The van der Waals surface area contributed by atoms with Crippen LogP contribution < -0.4 is 0 Å². The minimum Gasteiger partial charge on any atom is -0.481 e. The summed E-state index contributed by atoms with van der Waals surface area (Å²) in [6.07, 6.45) is -3.17. The molecule has 1 saturated heterocycles. The summed E-state index contributed by atoms with van der Waals surface area (Å²) >= 11 is 0. The third-order valence-corrected chi connectivity index (χ3v) is 7.75. The van der Waals surface area contributed by atoms with Gasteiger partial charge in [0.15, 0.2) is 0 Å². The number of hydrogen-bond acceptors (Lipinski definition) is 4. The van der Waals surface area contributed by atoms with E-state index >= 15 is 0 Å². The largest absolute Gasteiger partial charge is 0.481 e. The monoisotopic (exact) mass is 484 g/mol. The Hall–Kier alpha value is -2.43. The van der Waals surface area contributed by atoms with E-state index in [4.69, 9.17) is 5.11 Å². The first-order valence-corrected chi connectivity index (χ1v) is 12.1. The number of piperazine rings is 1. The lowest BCUT2D eigenvalue weighted by molar-refractivity contribution is -0.138. The highest BCUT2D eigenvalue weighted by atomic mass is 32.2. The lowest BCUT2D eigenvalue weighted by atomic mass is 10.1. The minimum atomic E-state index is -4.34. The van der Waals surface area contributed by atoms with E-state index in [2.05, 4.69) is 4.90 Å². The number of aryl methyl sites for hydroxylation is 2. The maximum absolute atomic E-state index is 13.0. The van der Waals surface area contributed by atoms with E-state index in [0.29, 0.717) is 38.2 Å². The zero-order chi connectivity index (χ0) is 24.2. The summed E-state index contributed by atoms with van der Waals surface area (Å²) in [4.78, 5) is 13.3. The molecule has 0 bridgehead atoms. The molecule has 10 heteroatoms. The second-order valence-electron chi connectivity index (χ2n) is 8.20. The van der Waals surface area contributed by atoms with Gasteiger partial charge in [0.05, 0.1) is 16.9 Å². The van der Waals surface area contributed by atoms with Crippen LogP contribution in [0.15, 0.2) is 47.4 Å². The molecule has 0 unspecified atom stereocenters. The van der Waals surface area contributed by atoms with E-state index in [1.54, 1.807) is 13.0 Å². The maximum Gasteiger partial charge on any atom is 0.416 e. The lowest BCUT2D eigenvalue weighted by Gasteiger charge is -2.34. The number of nitrogens with zero attached hydrogens (tertiary/aromatic N) is 2. The minimum absolute atomic E-state index is 0.0973. The van der Waals surface area contributed by atoms with Gasteiger partial charge in [-0.3, -0.25) is 4.79 Å². The Morgan fingerprint density at radius 2 is 1.67 bits per heavy atom. The molecule has 0 saturated carbocycles. The highest BCUT2D eigenvalue weighted by Crippen LogP contribution is 2.29. The number of benzene rings is 2. The van der Waals surface area contributed by atoms with Gasteiger partial charge in [0.25, 0.3) is 0 Å². The van der Waals surface area contributed by atoms with Gasteiger partial charge in [0, 0.05) is 26.2 Å². The number of carboxylic acid groups (broad SMARTS) is 1. The van der Waals surface area contributed by atoms with Crippen LogP contribution in [-0.2, 0) is 33.8 Å². The van der Waals surface area contributed by atoms with Crippen LogP contribution in [0, 0.1) is 6.92 Å². The van der Waals surface area contributed by atoms with E-state index < -0.39 is 27.7 Å².